The van der Waals surface area contributed by atoms with Gasteiger partial charge in [-0.15, -0.1) is 0 Å². The topological polar surface area (TPSA) is 0 Å². The van der Waals surface area contributed by atoms with Crippen LogP contribution in [-0.2, 0) is 0 Å². The Hall–Kier alpha value is 0. The monoisotopic (exact) mass is 99.1 g/mol. The molecule has 0 unspecified atom stereocenters. The van der Waals surface area contributed by atoms with Gasteiger partial charge in [0.2, 0.25) is 0 Å². The molecule has 0 aromatic heterocycles. The van der Waals surface area contributed by atoms with E-state index < -0.39 is 0 Å². The first-order chi connectivity index (χ1) is 3.13. The summed E-state index contributed by atoms with van der Waals surface area (Å²) in [4.78, 5) is 0. The zero-order valence-corrected chi connectivity index (χ0v) is 5.73. The summed E-state index contributed by atoms with van der Waals surface area (Å²) in [6, 6.07) is 0. The van der Waals surface area contributed by atoms with Crippen LogP contribution in [0.5, 0.6) is 0 Å². The van der Waals surface area contributed by atoms with Crippen LogP contribution in [0.15, 0.2) is 0 Å². The Balaban J connectivity index is 2.95. The first-order valence-corrected chi connectivity index (χ1v) is 2.98. The third kappa shape index (κ3) is 6.00. The van der Waals surface area contributed by atoms with Crippen LogP contribution in [-0.4, -0.2) is 0 Å². The molecule has 0 heteroatoms. The van der Waals surface area contributed by atoms with Crippen LogP contribution in [0.25, 0.3) is 0 Å². The normalized spacial score (nSPS) is 11.1. The molecule has 0 nitrogen and oxygen atoms in total. The second-order valence-corrected chi connectivity index (χ2v) is 2.68. The van der Waals surface area contributed by atoms with E-state index in [2.05, 4.69) is 34.1 Å². The van der Waals surface area contributed by atoms with Crippen LogP contribution < -0.4 is 0 Å². The van der Waals surface area contributed by atoms with Gasteiger partial charge in [0, 0.05) is 0 Å². The van der Waals surface area contributed by atoms with Gasteiger partial charge in [0.25, 0.3) is 0 Å². The van der Waals surface area contributed by atoms with Gasteiger partial charge in [-0.1, -0.05) is 27.7 Å². The van der Waals surface area contributed by atoms with Crippen LogP contribution in [0, 0.1) is 18.3 Å². The summed E-state index contributed by atoms with van der Waals surface area (Å²) in [7, 11) is 0. The molecule has 0 heterocycles. The lowest BCUT2D eigenvalue weighted by Crippen LogP contribution is -1.94. The van der Waals surface area contributed by atoms with E-state index in [9.17, 15) is 0 Å². The number of hydrogen-bond donors (Lipinski definition) is 0. The molecule has 0 bridgehead atoms. The van der Waals surface area contributed by atoms with Gasteiger partial charge in [-0.05, 0) is 18.3 Å². The average Bonchev–Trinajstić information content (AvgIpc) is 1.27. The predicted octanol–water partition coefficient (Wildman–Crippen LogP) is 2.50. The Kier molecular flexibility index (Phi) is 3.06. The molecule has 0 fully saturated rings. The SMILES string of the molecule is CC(C)[CH]C(C)C. The zero-order chi connectivity index (χ0) is 5.86. The number of rotatable bonds is 2. The second-order valence-electron chi connectivity index (χ2n) is 2.68. The fourth-order valence-corrected chi connectivity index (χ4v) is 0.770. The molecule has 0 aliphatic carbocycles. The summed E-state index contributed by atoms with van der Waals surface area (Å²) < 4.78 is 0. The van der Waals surface area contributed by atoms with E-state index >= 15 is 0 Å². The molecule has 0 aliphatic heterocycles. The number of hydrogen-bond acceptors (Lipinski definition) is 0. The average molecular weight is 99.2 g/mol. The Labute approximate surface area is 46.9 Å². The fraction of sp³-hybridized carbons (Fsp3) is 0.857. The Morgan fingerprint density at radius 2 is 1.14 bits per heavy atom. The van der Waals surface area contributed by atoms with Gasteiger partial charge in [-0.3, -0.25) is 0 Å². The largest absolute Gasteiger partial charge is 0.0625 e. The molecule has 0 saturated carbocycles. The van der Waals surface area contributed by atoms with Crippen LogP contribution in [0.2, 0.25) is 0 Å². The predicted molar refractivity (Wildman–Crippen MR) is 34.0 cm³/mol. The van der Waals surface area contributed by atoms with E-state index in [-0.39, 0.29) is 0 Å². The quantitative estimate of drug-likeness (QED) is 0.499. The molecule has 0 rings (SSSR count). The molecular weight excluding hydrogens is 84.1 g/mol. The van der Waals surface area contributed by atoms with Crippen LogP contribution in [0.4, 0.5) is 0 Å². The molecule has 0 spiro atoms. The van der Waals surface area contributed by atoms with E-state index in [0.29, 0.717) is 0 Å². The molecule has 1 radical (unpaired) electrons. The molecule has 0 saturated heterocycles. The highest BCUT2D eigenvalue weighted by Gasteiger charge is 1.96. The van der Waals surface area contributed by atoms with Gasteiger partial charge in [-0.25, -0.2) is 0 Å². The smallest absolute Gasteiger partial charge is 0.0335 e. The first kappa shape index (κ1) is 7.00. The molecule has 7 heavy (non-hydrogen) atoms. The van der Waals surface area contributed by atoms with Crippen molar-refractivity contribution in [1.82, 2.24) is 0 Å². The third-order valence-corrected chi connectivity index (χ3v) is 0.770. The summed E-state index contributed by atoms with van der Waals surface area (Å²) in [6.07, 6.45) is 2.33. The minimum absolute atomic E-state index is 0.750. The van der Waals surface area contributed by atoms with Gasteiger partial charge < -0.3 is 0 Å². The van der Waals surface area contributed by atoms with E-state index in [0.717, 1.165) is 11.8 Å². The molecule has 0 aromatic carbocycles. The minimum atomic E-state index is 0.750. The second kappa shape index (κ2) is 3.06. The van der Waals surface area contributed by atoms with Crippen molar-refractivity contribution in [3.05, 3.63) is 6.42 Å². The van der Waals surface area contributed by atoms with Crippen molar-refractivity contribution >= 4 is 0 Å². The van der Waals surface area contributed by atoms with Gasteiger partial charge in [0.05, 0.1) is 0 Å². The highest BCUT2D eigenvalue weighted by Crippen LogP contribution is 2.06. The summed E-state index contributed by atoms with van der Waals surface area (Å²) in [6.45, 7) is 8.83. The lowest BCUT2D eigenvalue weighted by atomic mass is 10.0. The molecule has 0 atom stereocenters. The Morgan fingerprint density at radius 1 is 0.857 bits per heavy atom. The van der Waals surface area contributed by atoms with Crippen molar-refractivity contribution < 1.29 is 0 Å². The van der Waals surface area contributed by atoms with Crippen molar-refractivity contribution in [2.24, 2.45) is 11.8 Å². The molecule has 0 aliphatic rings. The van der Waals surface area contributed by atoms with E-state index in [4.69, 9.17) is 0 Å². The van der Waals surface area contributed by atoms with Crippen molar-refractivity contribution in [3.63, 3.8) is 0 Å². The summed E-state index contributed by atoms with van der Waals surface area (Å²) in [5.41, 5.74) is 0. The fourth-order valence-electron chi connectivity index (χ4n) is 0.770. The van der Waals surface area contributed by atoms with E-state index in [1.165, 1.54) is 0 Å². The molecule has 0 N–H and O–H groups in total. The van der Waals surface area contributed by atoms with Gasteiger partial charge >= 0.3 is 0 Å². The minimum Gasteiger partial charge on any atom is -0.0625 e. The summed E-state index contributed by atoms with van der Waals surface area (Å²) in [5, 5.41) is 0. The van der Waals surface area contributed by atoms with Crippen LogP contribution in [0.1, 0.15) is 27.7 Å². The Morgan fingerprint density at radius 3 is 1.14 bits per heavy atom. The lowest BCUT2D eigenvalue weighted by Gasteiger charge is -2.04. The Bertz CT molecular complexity index is 29.3. The van der Waals surface area contributed by atoms with Gasteiger partial charge in [0.15, 0.2) is 0 Å². The standard InChI is InChI=1S/C7H15/c1-6(2)5-7(3)4/h5-7H,1-4H3. The zero-order valence-electron chi connectivity index (χ0n) is 5.73. The maximum absolute atomic E-state index is 2.33. The highest BCUT2D eigenvalue weighted by atomic mass is 14.0. The van der Waals surface area contributed by atoms with Crippen molar-refractivity contribution in [2.75, 3.05) is 0 Å². The molecule has 43 valence electrons. The summed E-state index contributed by atoms with van der Waals surface area (Å²) >= 11 is 0. The van der Waals surface area contributed by atoms with Crippen molar-refractivity contribution in [3.8, 4) is 0 Å². The third-order valence-electron chi connectivity index (χ3n) is 0.770. The first-order valence-electron chi connectivity index (χ1n) is 2.98. The van der Waals surface area contributed by atoms with Crippen molar-refractivity contribution in [2.45, 2.75) is 27.7 Å². The summed E-state index contributed by atoms with van der Waals surface area (Å²) in [5.74, 6) is 1.50. The maximum atomic E-state index is 2.33. The maximum Gasteiger partial charge on any atom is -0.0335 e. The van der Waals surface area contributed by atoms with Gasteiger partial charge in [-0.2, -0.15) is 0 Å². The van der Waals surface area contributed by atoms with Crippen LogP contribution >= 0.6 is 0 Å². The lowest BCUT2D eigenvalue weighted by molar-refractivity contribution is 0.615. The molecular formula is C7H15. The van der Waals surface area contributed by atoms with E-state index in [1.54, 1.807) is 0 Å². The van der Waals surface area contributed by atoms with Crippen molar-refractivity contribution in [1.29, 1.82) is 0 Å². The molecule has 0 aromatic rings. The molecule has 0 amide bonds. The van der Waals surface area contributed by atoms with Crippen LogP contribution in [0.3, 0.4) is 0 Å². The van der Waals surface area contributed by atoms with Gasteiger partial charge in [0.1, 0.15) is 0 Å². The van der Waals surface area contributed by atoms with E-state index in [1.807, 2.05) is 0 Å². The highest BCUT2D eigenvalue weighted by molar-refractivity contribution is 4.71.